The summed E-state index contributed by atoms with van der Waals surface area (Å²) in [7, 11) is -6.80. The number of rotatable bonds is 11. The summed E-state index contributed by atoms with van der Waals surface area (Å²) in [6, 6.07) is 15.8. The van der Waals surface area contributed by atoms with Gasteiger partial charge in [-0.15, -0.1) is 0 Å². The molecule has 0 saturated heterocycles. The second kappa shape index (κ2) is 14.0. The van der Waals surface area contributed by atoms with Gasteiger partial charge in [0.2, 0.25) is 20.0 Å². The Morgan fingerprint density at radius 2 is 0.868 bits per heavy atom. The highest BCUT2D eigenvalue weighted by Crippen LogP contribution is 2.21. The summed E-state index contributed by atoms with van der Waals surface area (Å²) < 4.78 is 54.7. The van der Waals surface area contributed by atoms with Gasteiger partial charge in [-0.3, -0.25) is 0 Å². The number of nitrogens with one attached hydrogen (secondary N) is 2. The molecule has 0 aliphatic rings. The minimum atomic E-state index is -3.90. The monoisotopic (exact) mass is 572 g/mol. The Bertz CT molecular complexity index is 1080. The van der Waals surface area contributed by atoms with Gasteiger partial charge in [-0.05, 0) is 65.5 Å². The molecular formula is C27H44N2O7S2. The van der Waals surface area contributed by atoms with Gasteiger partial charge in [0, 0.05) is 7.11 Å². The fraction of sp³-hybridized carbons (Fsp3) is 0.556. The molecule has 9 nitrogen and oxygen atoms in total. The summed E-state index contributed by atoms with van der Waals surface area (Å²) in [6.45, 7) is 9.21. The fourth-order valence-electron chi connectivity index (χ4n) is 3.43. The van der Waals surface area contributed by atoms with E-state index in [9.17, 15) is 27.0 Å². The van der Waals surface area contributed by atoms with Crippen LogP contribution in [-0.4, -0.2) is 73.1 Å². The van der Waals surface area contributed by atoms with Crippen molar-refractivity contribution in [2.75, 3.05) is 7.11 Å². The normalized spacial score (nSPS) is 16.1. The molecule has 2 rings (SSSR count). The predicted octanol–water partition coefficient (Wildman–Crippen LogP) is 1.98. The van der Waals surface area contributed by atoms with Crippen LogP contribution in [0.1, 0.15) is 52.7 Å². The van der Waals surface area contributed by atoms with Gasteiger partial charge in [0.05, 0.1) is 33.8 Å². The van der Waals surface area contributed by atoms with Gasteiger partial charge in [-0.1, -0.05) is 60.7 Å². The van der Waals surface area contributed by atoms with Gasteiger partial charge in [-0.25, -0.2) is 26.3 Å². The molecule has 0 heterocycles. The Morgan fingerprint density at radius 3 is 1.11 bits per heavy atom. The van der Waals surface area contributed by atoms with Crippen molar-refractivity contribution in [1.29, 1.82) is 0 Å². The van der Waals surface area contributed by atoms with Crippen molar-refractivity contribution < 1.29 is 32.2 Å². The van der Waals surface area contributed by atoms with E-state index in [-0.39, 0.29) is 12.8 Å². The van der Waals surface area contributed by atoms with Crippen LogP contribution in [0.2, 0.25) is 0 Å². The molecule has 0 aromatic heterocycles. The van der Waals surface area contributed by atoms with E-state index in [1.165, 1.54) is 41.5 Å². The SMILES string of the molecule is CC(C)(C)S(=O)(=O)N[C@H](Cc1ccccc1)[C@H](O)[C@@H](O)[C@@H](Cc1ccccc1)NS(=O)(=O)C(C)(C)C.CO. The van der Waals surface area contributed by atoms with Crippen LogP contribution in [0.4, 0.5) is 0 Å². The third-order valence-electron chi connectivity index (χ3n) is 6.00. The smallest absolute Gasteiger partial charge is 0.216 e. The van der Waals surface area contributed by atoms with Crippen molar-refractivity contribution in [3.63, 3.8) is 0 Å². The summed E-state index contributed by atoms with van der Waals surface area (Å²) >= 11 is 0. The van der Waals surface area contributed by atoms with E-state index in [1.54, 1.807) is 48.5 Å². The fourth-order valence-corrected chi connectivity index (χ4v) is 5.38. The van der Waals surface area contributed by atoms with Crippen LogP contribution in [-0.2, 0) is 32.9 Å². The number of hydrogen-bond acceptors (Lipinski definition) is 7. The second-order valence-corrected chi connectivity index (χ2v) is 16.0. The summed E-state index contributed by atoms with van der Waals surface area (Å²) in [5.74, 6) is 0. The minimum absolute atomic E-state index is 0.0957. The van der Waals surface area contributed by atoms with Crippen LogP contribution in [0.15, 0.2) is 60.7 Å². The van der Waals surface area contributed by atoms with E-state index in [4.69, 9.17) is 5.11 Å². The number of benzene rings is 2. The Morgan fingerprint density at radius 1 is 0.605 bits per heavy atom. The van der Waals surface area contributed by atoms with Gasteiger partial charge in [0.1, 0.15) is 0 Å². The Hall–Kier alpha value is -1.86. The summed E-state index contributed by atoms with van der Waals surface area (Å²) in [5.41, 5.74) is 1.50. The van der Waals surface area contributed by atoms with E-state index in [0.29, 0.717) is 0 Å². The van der Waals surface area contributed by atoms with Gasteiger partial charge < -0.3 is 15.3 Å². The largest absolute Gasteiger partial charge is 0.400 e. The highest BCUT2D eigenvalue weighted by atomic mass is 32.2. The van der Waals surface area contributed by atoms with E-state index < -0.39 is 53.8 Å². The quantitative estimate of drug-likeness (QED) is 0.276. The molecule has 4 atom stereocenters. The molecule has 0 spiro atoms. The van der Waals surface area contributed by atoms with Gasteiger partial charge in [0.25, 0.3) is 0 Å². The van der Waals surface area contributed by atoms with E-state index >= 15 is 0 Å². The molecule has 0 aliphatic heterocycles. The van der Waals surface area contributed by atoms with E-state index in [0.717, 1.165) is 18.2 Å². The number of hydrogen-bond donors (Lipinski definition) is 5. The van der Waals surface area contributed by atoms with Crippen molar-refractivity contribution in [2.24, 2.45) is 0 Å². The average Bonchev–Trinajstić information content (AvgIpc) is 2.83. The van der Waals surface area contributed by atoms with Gasteiger partial charge in [0.15, 0.2) is 0 Å². The van der Waals surface area contributed by atoms with Crippen molar-refractivity contribution >= 4 is 20.0 Å². The average molecular weight is 573 g/mol. The second-order valence-electron chi connectivity index (χ2n) is 11.0. The standard InChI is InChI=1S/C26H40N2O6S2.CH4O/c1-25(2,3)35(31,32)27-21(17-19-13-9-7-10-14-19)23(29)24(30)22(18-20-15-11-8-12-16-20)28-36(33,34)26(4,5)6;1-2/h7-16,21-24,27-30H,17-18H2,1-6H3;2H,1H3/t21-,22-,23+,24+;/m1./s1. The lowest BCUT2D eigenvalue weighted by Gasteiger charge is -2.35. The first-order chi connectivity index (χ1) is 17.4. The van der Waals surface area contributed by atoms with E-state index in [2.05, 4.69) is 9.44 Å². The lowest BCUT2D eigenvalue weighted by molar-refractivity contribution is -0.0160. The molecule has 0 aliphatic carbocycles. The molecular weight excluding hydrogens is 528 g/mol. The Kier molecular flexibility index (Phi) is 12.6. The van der Waals surface area contributed by atoms with Crippen LogP contribution < -0.4 is 9.44 Å². The topological polar surface area (TPSA) is 153 Å². The maximum Gasteiger partial charge on any atom is 0.216 e. The number of aliphatic hydroxyl groups excluding tert-OH is 3. The molecule has 2 aromatic rings. The summed E-state index contributed by atoms with van der Waals surface area (Å²) in [4.78, 5) is 0. The molecule has 0 bridgehead atoms. The van der Waals surface area contributed by atoms with E-state index in [1.807, 2.05) is 12.1 Å². The van der Waals surface area contributed by atoms with Gasteiger partial charge in [-0.2, -0.15) is 0 Å². The maximum absolute atomic E-state index is 13.0. The van der Waals surface area contributed by atoms with Crippen molar-refractivity contribution in [2.45, 2.75) is 88.2 Å². The third-order valence-corrected chi connectivity index (χ3v) is 10.4. The molecule has 5 N–H and O–H groups in total. The molecule has 0 radical (unpaired) electrons. The molecule has 38 heavy (non-hydrogen) atoms. The highest BCUT2D eigenvalue weighted by Gasteiger charge is 2.40. The first-order valence-electron chi connectivity index (χ1n) is 12.4. The molecule has 2 aromatic carbocycles. The highest BCUT2D eigenvalue weighted by molar-refractivity contribution is 7.91. The van der Waals surface area contributed by atoms with Crippen molar-refractivity contribution in [1.82, 2.24) is 9.44 Å². The Balaban J connectivity index is 0.00000352. The molecule has 216 valence electrons. The lowest BCUT2D eigenvalue weighted by Crippen LogP contribution is -2.59. The van der Waals surface area contributed by atoms with Crippen LogP contribution in [0, 0.1) is 0 Å². The third kappa shape index (κ3) is 9.71. The van der Waals surface area contributed by atoms with Crippen molar-refractivity contribution in [3.8, 4) is 0 Å². The Labute approximate surface area is 228 Å². The first-order valence-corrected chi connectivity index (χ1v) is 15.3. The lowest BCUT2D eigenvalue weighted by atomic mass is 9.92. The predicted molar refractivity (Wildman–Crippen MR) is 152 cm³/mol. The molecule has 0 unspecified atom stereocenters. The zero-order chi connectivity index (χ0) is 29.4. The van der Waals surface area contributed by atoms with Crippen LogP contribution in [0.25, 0.3) is 0 Å². The van der Waals surface area contributed by atoms with Crippen LogP contribution in [0.5, 0.6) is 0 Å². The molecule has 0 saturated carbocycles. The minimum Gasteiger partial charge on any atom is -0.400 e. The number of sulfonamides is 2. The van der Waals surface area contributed by atoms with Crippen LogP contribution >= 0.6 is 0 Å². The molecule has 0 amide bonds. The molecule has 0 fully saturated rings. The maximum atomic E-state index is 13.0. The summed E-state index contributed by atoms with van der Waals surface area (Å²) in [6.07, 6.45) is -3.03. The van der Waals surface area contributed by atoms with Crippen molar-refractivity contribution in [3.05, 3.63) is 71.8 Å². The zero-order valence-electron chi connectivity index (χ0n) is 23.3. The van der Waals surface area contributed by atoms with Crippen LogP contribution in [0.3, 0.4) is 0 Å². The summed E-state index contributed by atoms with van der Waals surface area (Å²) in [5, 5.41) is 29.6. The number of aliphatic hydroxyl groups is 3. The van der Waals surface area contributed by atoms with Gasteiger partial charge >= 0.3 is 0 Å². The molecule has 11 heteroatoms. The first kappa shape index (κ1) is 34.2. The zero-order valence-corrected chi connectivity index (χ0v) is 24.9.